The van der Waals surface area contributed by atoms with Crippen LogP contribution in [0, 0.1) is 12.8 Å². The third kappa shape index (κ3) is 5.44. The zero-order chi connectivity index (χ0) is 20.9. The Morgan fingerprint density at radius 2 is 1.77 bits per heavy atom. The second kappa shape index (κ2) is 9.98. The van der Waals surface area contributed by atoms with Gasteiger partial charge in [-0.2, -0.15) is 0 Å². The molecule has 1 saturated heterocycles. The van der Waals surface area contributed by atoms with Crippen LogP contribution < -0.4 is 5.32 Å². The lowest BCUT2D eigenvalue weighted by molar-refractivity contribution is -0.121. The Morgan fingerprint density at radius 3 is 2.50 bits per heavy atom. The number of carbonyl (C=O) groups is 1. The SMILES string of the molecule is Cc1ccccc1CC(=O)NC1CCCC1N1CCC(Cc2ccc(Cl)cc2)CC1. The van der Waals surface area contributed by atoms with E-state index in [1.807, 2.05) is 24.3 Å². The molecule has 1 aliphatic heterocycles. The van der Waals surface area contributed by atoms with E-state index in [0.29, 0.717) is 18.5 Å². The summed E-state index contributed by atoms with van der Waals surface area (Å²) in [7, 11) is 0. The van der Waals surface area contributed by atoms with Gasteiger partial charge in [-0.3, -0.25) is 9.69 Å². The van der Waals surface area contributed by atoms with Crippen LogP contribution in [0.25, 0.3) is 0 Å². The monoisotopic (exact) mass is 424 g/mol. The normalized spacial score (nSPS) is 22.9. The Hall–Kier alpha value is -1.84. The number of hydrogen-bond acceptors (Lipinski definition) is 2. The fourth-order valence-corrected chi connectivity index (χ4v) is 5.35. The molecule has 3 nitrogen and oxygen atoms in total. The van der Waals surface area contributed by atoms with E-state index < -0.39 is 0 Å². The van der Waals surface area contributed by atoms with Crippen LogP contribution in [0.4, 0.5) is 0 Å². The van der Waals surface area contributed by atoms with Gasteiger partial charge < -0.3 is 5.32 Å². The molecule has 4 rings (SSSR count). The molecule has 2 aromatic carbocycles. The second-order valence-electron chi connectivity index (χ2n) is 9.09. The van der Waals surface area contributed by atoms with Crippen LogP contribution >= 0.6 is 11.6 Å². The third-order valence-electron chi connectivity index (χ3n) is 6.99. The first kappa shape index (κ1) is 21.4. The Bertz CT molecular complexity index is 842. The molecule has 1 aliphatic carbocycles. The van der Waals surface area contributed by atoms with Crippen molar-refractivity contribution in [1.29, 1.82) is 0 Å². The number of nitrogens with one attached hydrogen (secondary N) is 1. The van der Waals surface area contributed by atoms with Gasteiger partial charge in [0.1, 0.15) is 0 Å². The van der Waals surface area contributed by atoms with Crippen molar-refractivity contribution < 1.29 is 4.79 Å². The van der Waals surface area contributed by atoms with Crippen molar-refractivity contribution in [3.05, 3.63) is 70.2 Å². The summed E-state index contributed by atoms with van der Waals surface area (Å²) in [5, 5.41) is 4.18. The first-order valence-corrected chi connectivity index (χ1v) is 11.8. The van der Waals surface area contributed by atoms with Crippen LogP contribution in [-0.2, 0) is 17.6 Å². The van der Waals surface area contributed by atoms with Gasteiger partial charge in [0.15, 0.2) is 0 Å². The summed E-state index contributed by atoms with van der Waals surface area (Å²) in [6, 6.07) is 17.3. The molecule has 0 bridgehead atoms. The minimum absolute atomic E-state index is 0.166. The molecule has 0 radical (unpaired) electrons. The molecule has 2 aliphatic rings. The first-order valence-electron chi connectivity index (χ1n) is 11.4. The van der Waals surface area contributed by atoms with Crippen molar-refractivity contribution in [2.45, 2.75) is 64.0 Å². The van der Waals surface area contributed by atoms with Gasteiger partial charge >= 0.3 is 0 Å². The predicted molar refractivity (Wildman–Crippen MR) is 124 cm³/mol. The number of hydrogen-bond donors (Lipinski definition) is 1. The van der Waals surface area contributed by atoms with Gasteiger partial charge in [-0.1, -0.05) is 48.0 Å². The van der Waals surface area contributed by atoms with E-state index in [1.54, 1.807) is 0 Å². The van der Waals surface area contributed by atoms with Crippen LogP contribution in [0.5, 0.6) is 0 Å². The maximum absolute atomic E-state index is 12.7. The van der Waals surface area contributed by atoms with E-state index in [-0.39, 0.29) is 5.91 Å². The Kier molecular flexibility index (Phi) is 7.12. The zero-order valence-electron chi connectivity index (χ0n) is 17.9. The molecule has 1 saturated carbocycles. The summed E-state index contributed by atoms with van der Waals surface area (Å²) in [4.78, 5) is 15.3. The molecule has 2 aromatic rings. The van der Waals surface area contributed by atoms with Crippen molar-refractivity contribution in [1.82, 2.24) is 10.2 Å². The van der Waals surface area contributed by atoms with E-state index in [9.17, 15) is 4.79 Å². The highest BCUT2D eigenvalue weighted by atomic mass is 35.5. The number of piperidine rings is 1. The number of halogens is 1. The van der Waals surface area contributed by atoms with Gasteiger partial charge in [-0.05, 0) is 93.3 Å². The standard InChI is InChI=1S/C26H33ClN2O/c1-19-5-2-3-6-22(19)18-26(30)28-24-7-4-8-25(24)29-15-13-21(14-16-29)17-20-9-11-23(27)12-10-20/h2-3,5-6,9-12,21,24-25H,4,7-8,13-18H2,1H3,(H,28,30). The van der Waals surface area contributed by atoms with Crippen LogP contribution in [-0.4, -0.2) is 36.0 Å². The van der Waals surface area contributed by atoms with Gasteiger partial charge in [0.2, 0.25) is 5.91 Å². The van der Waals surface area contributed by atoms with Crippen molar-refractivity contribution in [2.24, 2.45) is 5.92 Å². The molecule has 2 unspecified atom stereocenters. The predicted octanol–water partition coefficient (Wildman–Crippen LogP) is 5.18. The Morgan fingerprint density at radius 1 is 1.03 bits per heavy atom. The molecule has 0 aromatic heterocycles. The molecule has 4 heteroatoms. The lowest BCUT2D eigenvalue weighted by atomic mass is 9.89. The van der Waals surface area contributed by atoms with E-state index in [1.165, 1.54) is 36.8 Å². The lowest BCUT2D eigenvalue weighted by Gasteiger charge is -2.38. The highest BCUT2D eigenvalue weighted by Crippen LogP contribution is 2.30. The number of benzene rings is 2. The molecule has 1 amide bonds. The molecular weight excluding hydrogens is 392 g/mol. The van der Waals surface area contributed by atoms with Crippen molar-refractivity contribution in [3.63, 3.8) is 0 Å². The van der Waals surface area contributed by atoms with Gasteiger partial charge in [-0.25, -0.2) is 0 Å². The van der Waals surface area contributed by atoms with Crippen molar-refractivity contribution in [3.8, 4) is 0 Å². The molecule has 160 valence electrons. The van der Waals surface area contributed by atoms with E-state index in [2.05, 4.69) is 41.4 Å². The highest BCUT2D eigenvalue weighted by molar-refractivity contribution is 6.30. The quantitative estimate of drug-likeness (QED) is 0.692. The highest BCUT2D eigenvalue weighted by Gasteiger charge is 2.34. The fourth-order valence-electron chi connectivity index (χ4n) is 5.23. The summed E-state index contributed by atoms with van der Waals surface area (Å²) in [5.74, 6) is 0.914. The molecule has 1 heterocycles. The largest absolute Gasteiger partial charge is 0.352 e. The number of carbonyl (C=O) groups excluding carboxylic acids is 1. The molecule has 2 fully saturated rings. The summed E-state index contributed by atoms with van der Waals surface area (Å²) < 4.78 is 0. The van der Waals surface area contributed by atoms with Gasteiger partial charge in [-0.15, -0.1) is 0 Å². The third-order valence-corrected chi connectivity index (χ3v) is 7.25. The number of nitrogens with zero attached hydrogens (tertiary/aromatic N) is 1. The van der Waals surface area contributed by atoms with Crippen molar-refractivity contribution >= 4 is 17.5 Å². The number of amides is 1. The topological polar surface area (TPSA) is 32.3 Å². The van der Waals surface area contributed by atoms with Crippen LogP contribution in [0.3, 0.4) is 0 Å². The molecule has 0 spiro atoms. The van der Waals surface area contributed by atoms with Crippen molar-refractivity contribution in [2.75, 3.05) is 13.1 Å². The summed E-state index contributed by atoms with van der Waals surface area (Å²) in [5.41, 5.74) is 3.71. The van der Waals surface area contributed by atoms with E-state index in [0.717, 1.165) is 42.4 Å². The van der Waals surface area contributed by atoms with E-state index >= 15 is 0 Å². The summed E-state index contributed by atoms with van der Waals surface area (Å²) in [6.07, 6.45) is 7.63. The molecule has 2 atom stereocenters. The smallest absolute Gasteiger partial charge is 0.224 e. The Balaban J connectivity index is 1.27. The van der Waals surface area contributed by atoms with Crippen LogP contribution in [0.2, 0.25) is 5.02 Å². The van der Waals surface area contributed by atoms with E-state index in [4.69, 9.17) is 11.6 Å². The molecule has 1 N–H and O–H groups in total. The van der Waals surface area contributed by atoms with Gasteiger partial charge in [0, 0.05) is 17.1 Å². The number of likely N-dealkylation sites (tertiary alicyclic amines) is 1. The average Bonchev–Trinajstić information content (AvgIpc) is 3.20. The first-order chi connectivity index (χ1) is 14.6. The van der Waals surface area contributed by atoms with Gasteiger partial charge in [0.05, 0.1) is 6.42 Å². The fraction of sp³-hybridized carbons (Fsp3) is 0.500. The minimum Gasteiger partial charge on any atom is -0.352 e. The molecule has 30 heavy (non-hydrogen) atoms. The average molecular weight is 425 g/mol. The second-order valence-corrected chi connectivity index (χ2v) is 9.52. The zero-order valence-corrected chi connectivity index (χ0v) is 18.7. The maximum Gasteiger partial charge on any atom is 0.224 e. The van der Waals surface area contributed by atoms with Gasteiger partial charge in [0.25, 0.3) is 0 Å². The lowest BCUT2D eigenvalue weighted by Crippen LogP contribution is -2.51. The Labute approximate surface area is 185 Å². The van der Waals surface area contributed by atoms with Crippen LogP contribution in [0.1, 0.15) is 48.8 Å². The summed E-state index contributed by atoms with van der Waals surface area (Å²) >= 11 is 6.01. The number of rotatable bonds is 6. The summed E-state index contributed by atoms with van der Waals surface area (Å²) in [6.45, 7) is 4.37. The maximum atomic E-state index is 12.7. The number of aryl methyl sites for hydroxylation is 1. The minimum atomic E-state index is 0.166. The molecular formula is C26H33ClN2O. The van der Waals surface area contributed by atoms with Crippen LogP contribution in [0.15, 0.2) is 48.5 Å².